The lowest BCUT2D eigenvalue weighted by atomic mass is 10.0. The van der Waals surface area contributed by atoms with E-state index < -0.39 is 5.60 Å². The van der Waals surface area contributed by atoms with E-state index >= 15 is 0 Å². The molecule has 1 fully saturated rings. The minimum atomic E-state index is -0.973. The second-order valence-corrected chi connectivity index (χ2v) is 4.15. The molecule has 0 aliphatic carbocycles. The highest BCUT2D eigenvalue weighted by atomic mass is 16.5. The Morgan fingerprint density at radius 3 is 3.18 bits per heavy atom. The quantitative estimate of drug-likeness (QED) is 0.661. The summed E-state index contributed by atoms with van der Waals surface area (Å²) in [5, 5.41) is 12.6. The van der Waals surface area contributed by atoms with E-state index in [0.717, 1.165) is 0 Å². The molecule has 0 saturated carbocycles. The van der Waals surface area contributed by atoms with Gasteiger partial charge in [0.05, 0.1) is 12.3 Å². The summed E-state index contributed by atoms with van der Waals surface area (Å²) in [6.07, 6.45) is 2.02. The van der Waals surface area contributed by atoms with Crippen LogP contribution in [0.2, 0.25) is 0 Å². The van der Waals surface area contributed by atoms with Crippen molar-refractivity contribution in [1.82, 2.24) is 10.3 Å². The second-order valence-electron chi connectivity index (χ2n) is 4.15. The van der Waals surface area contributed by atoms with E-state index in [9.17, 15) is 9.90 Å². The molecule has 0 bridgehead atoms. The summed E-state index contributed by atoms with van der Waals surface area (Å²) in [5.41, 5.74) is 5.15. The minimum absolute atomic E-state index is 0.141. The molecule has 0 aromatic carbocycles. The van der Waals surface area contributed by atoms with Crippen LogP contribution in [-0.4, -0.2) is 41.4 Å². The first-order valence-electron chi connectivity index (χ1n) is 5.40. The normalized spacial score (nSPS) is 23.6. The van der Waals surface area contributed by atoms with E-state index in [0.29, 0.717) is 18.7 Å². The fraction of sp³-hybridized carbons (Fsp3) is 0.455. The van der Waals surface area contributed by atoms with Crippen molar-refractivity contribution in [2.75, 3.05) is 25.5 Å². The fourth-order valence-corrected chi connectivity index (χ4v) is 1.67. The Hall–Kier alpha value is -1.66. The third-order valence-electron chi connectivity index (χ3n) is 2.71. The lowest BCUT2D eigenvalue weighted by molar-refractivity contribution is 0.0264. The number of rotatable bonds is 3. The van der Waals surface area contributed by atoms with E-state index in [4.69, 9.17) is 10.5 Å². The molecule has 1 atom stereocenters. The van der Waals surface area contributed by atoms with Gasteiger partial charge in [0.2, 0.25) is 0 Å². The van der Waals surface area contributed by atoms with Crippen molar-refractivity contribution in [3.05, 3.63) is 24.0 Å². The van der Waals surface area contributed by atoms with Crippen LogP contribution >= 0.6 is 0 Å². The maximum absolute atomic E-state index is 11.8. The summed E-state index contributed by atoms with van der Waals surface area (Å²) in [5.74, 6) is -0.386. The Kier molecular flexibility index (Phi) is 3.26. The Labute approximate surface area is 98.8 Å². The van der Waals surface area contributed by atoms with Gasteiger partial charge in [-0.2, -0.15) is 0 Å². The van der Waals surface area contributed by atoms with Crippen LogP contribution in [0, 0.1) is 0 Å². The number of amides is 1. The number of carbonyl (C=O) groups excluding carboxylic acids is 1. The van der Waals surface area contributed by atoms with Gasteiger partial charge in [0.15, 0.2) is 5.69 Å². The van der Waals surface area contributed by atoms with Crippen LogP contribution in [0.25, 0.3) is 0 Å². The van der Waals surface area contributed by atoms with E-state index in [1.165, 1.54) is 6.20 Å². The van der Waals surface area contributed by atoms with Crippen molar-refractivity contribution in [2.24, 2.45) is 0 Å². The molecule has 1 aromatic heterocycles. The molecule has 1 aliphatic rings. The number of aromatic nitrogens is 1. The van der Waals surface area contributed by atoms with Crippen LogP contribution in [0.5, 0.6) is 0 Å². The first-order chi connectivity index (χ1) is 8.11. The fourth-order valence-electron chi connectivity index (χ4n) is 1.67. The summed E-state index contributed by atoms with van der Waals surface area (Å²) in [6.45, 7) is 0.894. The van der Waals surface area contributed by atoms with Gasteiger partial charge in [-0.15, -0.1) is 0 Å². The highest BCUT2D eigenvalue weighted by molar-refractivity contribution is 5.97. The average molecular weight is 237 g/mol. The van der Waals surface area contributed by atoms with Gasteiger partial charge in [-0.1, -0.05) is 0 Å². The van der Waals surface area contributed by atoms with Gasteiger partial charge in [0, 0.05) is 25.8 Å². The van der Waals surface area contributed by atoms with E-state index in [1.807, 2.05) is 0 Å². The third kappa shape index (κ3) is 2.72. The summed E-state index contributed by atoms with van der Waals surface area (Å²) < 4.78 is 5.08. The van der Waals surface area contributed by atoms with Gasteiger partial charge in [0.25, 0.3) is 5.91 Å². The molecular weight excluding hydrogens is 222 g/mol. The van der Waals surface area contributed by atoms with E-state index in [-0.39, 0.29) is 24.8 Å². The molecule has 92 valence electrons. The van der Waals surface area contributed by atoms with Crippen molar-refractivity contribution in [3.63, 3.8) is 0 Å². The zero-order chi connectivity index (χ0) is 12.3. The largest absolute Gasteiger partial charge is 0.397 e. The SMILES string of the molecule is Nc1cccnc1C(=O)NCC1(O)CCOC1. The van der Waals surface area contributed by atoms with Crippen LogP contribution < -0.4 is 11.1 Å². The lowest BCUT2D eigenvalue weighted by Gasteiger charge is -2.20. The number of anilines is 1. The number of nitrogens with one attached hydrogen (secondary N) is 1. The van der Waals surface area contributed by atoms with Crippen molar-refractivity contribution >= 4 is 11.6 Å². The molecule has 1 aromatic rings. The zero-order valence-corrected chi connectivity index (χ0v) is 9.35. The van der Waals surface area contributed by atoms with Crippen LogP contribution in [-0.2, 0) is 4.74 Å². The van der Waals surface area contributed by atoms with Crippen LogP contribution in [0.4, 0.5) is 5.69 Å². The number of ether oxygens (including phenoxy) is 1. The Bertz CT molecular complexity index is 416. The van der Waals surface area contributed by atoms with Gasteiger partial charge >= 0.3 is 0 Å². The molecule has 2 rings (SSSR count). The summed E-state index contributed by atoms with van der Waals surface area (Å²) in [6, 6.07) is 3.26. The third-order valence-corrected chi connectivity index (χ3v) is 2.71. The number of pyridine rings is 1. The standard InChI is InChI=1S/C11H15N3O3/c12-8-2-1-4-13-9(8)10(15)14-6-11(16)3-5-17-7-11/h1-2,4,16H,3,5-7,12H2,(H,14,15). The van der Waals surface area contributed by atoms with Crippen molar-refractivity contribution in [3.8, 4) is 0 Å². The van der Waals surface area contributed by atoms with Crippen molar-refractivity contribution in [2.45, 2.75) is 12.0 Å². The van der Waals surface area contributed by atoms with Gasteiger partial charge in [-0.05, 0) is 12.1 Å². The van der Waals surface area contributed by atoms with E-state index in [1.54, 1.807) is 12.1 Å². The molecule has 1 amide bonds. The predicted molar refractivity (Wildman–Crippen MR) is 61.4 cm³/mol. The lowest BCUT2D eigenvalue weighted by Crippen LogP contribution is -2.43. The average Bonchev–Trinajstić information content (AvgIpc) is 2.74. The molecule has 0 radical (unpaired) electrons. The number of aliphatic hydroxyl groups is 1. The summed E-state index contributed by atoms with van der Waals surface area (Å²) >= 11 is 0. The number of nitrogens with zero attached hydrogens (tertiary/aromatic N) is 1. The molecule has 6 heteroatoms. The highest BCUT2D eigenvalue weighted by Gasteiger charge is 2.32. The minimum Gasteiger partial charge on any atom is -0.397 e. The number of carbonyl (C=O) groups is 1. The predicted octanol–water partition coefficient (Wildman–Crippen LogP) is -0.455. The molecule has 17 heavy (non-hydrogen) atoms. The summed E-state index contributed by atoms with van der Waals surface area (Å²) in [7, 11) is 0. The molecule has 1 unspecified atom stereocenters. The van der Waals surface area contributed by atoms with Gasteiger partial charge in [0.1, 0.15) is 5.60 Å². The zero-order valence-electron chi connectivity index (χ0n) is 9.35. The number of nitrogen functional groups attached to an aromatic ring is 1. The van der Waals surface area contributed by atoms with Crippen molar-refractivity contribution in [1.29, 1.82) is 0 Å². The second kappa shape index (κ2) is 4.68. The number of hydrogen-bond donors (Lipinski definition) is 3. The van der Waals surface area contributed by atoms with Gasteiger partial charge < -0.3 is 20.9 Å². The first kappa shape index (κ1) is 11.8. The Balaban J connectivity index is 1.96. The Morgan fingerprint density at radius 1 is 1.71 bits per heavy atom. The Morgan fingerprint density at radius 2 is 2.53 bits per heavy atom. The molecule has 1 saturated heterocycles. The van der Waals surface area contributed by atoms with Gasteiger partial charge in [-0.3, -0.25) is 4.79 Å². The number of hydrogen-bond acceptors (Lipinski definition) is 5. The highest BCUT2D eigenvalue weighted by Crippen LogP contribution is 2.17. The van der Waals surface area contributed by atoms with Crippen LogP contribution in [0.15, 0.2) is 18.3 Å². The smallest absolute Gasteiger partial charge is 0.272 e. The molecule has 2 heterocycles. The maximum Gasteiger partial charge on any atom is 0.272 e. The van der Waals surface area contributed by atoms with Crippen molar-refractivity contribution < 1.29 is 14.6 Å². The van der Waals surface area contributed by atoms with Crippen LogP contribution in [0.3, 0.4) is 0 Å². The summed E-state index contributed by atoms with van der Waals surface area (Å²) in [4.78, 5) is 15.7. The number of nitrogens with two attached hydrogens (primary N) is 1. The van der Waals surface area contributed by atoms with E-state index in [2.05, 4.69) is 10.3 Å². The molecule has 1 aliphatic heterocycles. The molecule has 6 nitrogen and oxygen atoms in total. The van der Waals surface area contributed by atoms with Crippen LogP contribution in [0.1, 0.15) is 16.9 Å². The maximum atomic E-state index is 11.8. The van der Waals surface area contributed by atoms with Gasteiger partial charge in [-0.25, -0.2) is 4.98 Å². The monoisotopic (exact) mass is 237 g/mol. The molecule has 4 N–H and O–H groups in total. The topological polar surface area (TPSA) is 97.5 Å². The molecule has 0 spiro atoms. The molecular formula is C11H15N3O3. The first-order valence-corrected chi connectivity index (χ1v) is 5.40.